The molecule has 0 unspecified atom stereocenters. The molecule has 0 atom stereocenters. The zero-order valence-electron chi connectivity index (χ0n) is 8.93. The van der Waals surface area contributed by atoms with E-state index >= 15 is 0 Å². The van der Waals surface area contributed by atoms with Gasteiger partial charge in [-0.25, -0.2) is 0 Å². The number of nitriles is 1. The molecule has 2 heteroatoms. The molecular weight excluding hydrogens is 160 g/mol. The van der Waals surface area contributed by atoms with E-state index in [4.69, 9.17) is 5.26 Å². The molecule has 1 saturated carbocycles. The fourth-order valence-electron chi connectivity index (χ4n) is 2.22. The van der Waals surface area contributed by atoms with Crippen LogP contribution >= 0.6 is 0 Å². The molecule has 0 radical (unpaired) electrons. The molecule has 0 aliphatic heterocycles. The minimum Gasteiger partial charge on any atom is -0.302 e. The summed E-state index contributed by atoms with van der Waals surface area (Å²) in [5.41, 5.74) is -0.217. The summed E-state index contributed by atoms with van der Waals surface area (Å²) < 4.78 is 0. The highest BCUT2D eigenvalue weighted by Gasteiger charge is 2.34. The van der Waals surface area contributed by atoms with Crippen LogP contribution in [0.15, 0.2) is 0 Å². The van der Waals surface area contributed by atoms with E-state index in [0.717, 1.165) is 24.7 Å². The first-order valence-electron chi connectivity index (χ1n) is 5.24. The Morgan fingerprint density at radius 3 is 2.23 bits per heavy atom. The van der Waals surface area contributed by atoms with Crippen LogP contribution in [0.4, 0.5) is 0 Å². The Balaban J connectivity index is 2.51. The molecule has 0 spiro atoms. The highest BCUT2D eigenvalue weighted by molar-refractivity contribution is 5.08. The number of nitrogens with zero attached hydrogens (tertiary/aromatic N) is 1. The van der Waals surface area contributed by atoms with Crippen LogP contribution in [0.1, 0.15) is 39.5 Å². The van der Waals surface area contributed by atoms with Crippen molar-refractivity contribution in [2.45, 2.75) is 45.1 Å². The molecule has 0 aromatic heterocycles. The molecule has 0 heterocycles. The van der Waals surface area contributed by atoms with Crippen molar-refractivity contribution in [3.63, 3.8) is 0 Å². The summed E-state index contributed by atoms with van der Waals surface area (Å²) in [6, 6.07) is 2.42. The third-order valence-corrected chi connectivity index (χ3v) is 3.52. The van der Waals surface area contributed by atoms with E-state index in [0.29, 0.717) is 0 Å². The fraction of sp³-hybridized carbons (Fsp3) is 0.909. The van der Waals surface area contributed by atoms with Crippen LogP contribution in [0.2, 0.25) is 0 Å². The molecule has 1 aliphatic rings. The first-order valence-corrected chi connectivity index (χ1v) is 5.24. The van der Waals surface area contributed by atoms with Crippen LogP contribution in [0.5, 0.6) is 0 Å². The summed E-state index contributed by atoms with van der Waals surface area (Å²) in [4.78, 5) is 0. The van der Waals surface area contributed by atoms with Crippen molar-refractivity contribution in [2.75, 3.05) is 7.05 Å². The van der Waals surface area contributed by atoms with Crippen LogP contribution < -0.4 is 5.32 Å². The Labute approximate surface area is 81.3 Å². The van der Waals surface area contributed by atoms with Gasteiger partial charge in [0.1, 0.15) is 5.54 Å². The number of hydrogen-bond acceptors (Lipinski definition) is 2. The Hall–Kier alpha value is -0.550. The van der Waals surface area contributed by atoms with Gasteiger partial charge in [0.15, 0.2) is 0 Å². The van der Waals surface area contributed by atoms with Gasteiger partial charge in [-0.2, -0.15) is 5.26 Å². The van der Waals surface area contributed by atoms with E-state index in [1.54, 1.807) is 0 Å². The molecule has 74 valence electrons. The van der Waals surface area contributed by atoms with Crippen LogP contribution in [0, 0.1) is 23.2 Å². The number of nitrogens with one attached hydrogen (secondary N) is 1. The molecule has 2 nitrogen and oxygen atoms in total. The highest BCUT2D eigenvalue weighted by atomic mass is 14.9. The monoisotopic (exact) mass is 180 g/mol. The molecular formula is C11H20N2. The van der Waals surface area contributed by atoms with E-state index in [1.807, 2.05) is 7.05 Å². The zero-order valence-corrected chi connectivity index (χ0v) is 8.93. The topological polar surface area (TPSA) is 35.8 Å². The molecule has 0 aromatic rings. The largest absolute Gasteiger partial charge is 0.302 e. The van der Waals surface area contributed by atoms with Gasteiger partial charge in [-0.3, -0.25) is 0 Å². The van der Waals surface area contributed by atoms with E-state index in [2.05, 4.69) is 25.2 Å². The molecule has 13 heavy (non-hydrogen) atoms. The first kappa shape index (κ1) is 10.5. The van der Waals surface area contributed by atoms with Gasteiger partial charge in [-0.05, 0) is 44.6 Å². The molecule has 0 aromatic carbocycles. The molecule has 1 aliphatic carbocycles. The van der Waals surface area contributed by atoms with Gasteiger partial charge < -0.3 is 5.32 Å². The summed E-state index contributed by atoms with van der Waals surface area (Å²) in [5.74, 6) is 1.60. The van der Waals surface area contributed by atoms with Crippen molar-refractivity contribution in [3.05, 3.63) is 0 Å². The van der Waals surface area contributed by atoms with Gasteiger partial charge >= 0.3 is 0 Å². The van der Waals surface area contributed by atoms with Crippen LogP contribution in [0.25, 0.3) is 0 Å². The Kier molecular flexibility index (Phi) is 3.33. The summed E-state index contributed by atoms with van der Waals surface area (Å²) in [6.45, 7) is 4.56. The zero-order chi connectivity index (χ0) is 9.90. The molecule has 1 rings (SSSR count). The number of rotatable bonds is 2. The first-order chi connectivity index (χ1) is 6.13. The van der Waals surface area contributed by atoms with E-state index in [-0.39, 0.29) is 5.54 Å². The lowest BCUT2D eigenvalue weighted by Crippen LogP contribution is -2.45. The third kappa shape index (κ3) is 2.22. The van der Waals surface area contributed by atoms with E-state index in [9.17, 15) is 0 Å². The van der Waals surface area contributed by atoms with E-state index < -0.39 is 0 Å². The van der Waals surface area contributed by atoms with Gasteiger partial charge in [0.2, 0.25) is 0 Å². The van der Waals surface area contributed by atoms with Crippen LogP contribution in [-0.2, 0) is 0 Å². The minimum atomic E-state index is -0.217. The minimum absolute atomic E-state index is 0.217. The summed E-state index contributed by atoms with van der Waals surface area (Å²) in [7, 11) is 1.90. The van der Waals surface area contributed by atoms with Crippen LogP contribution in [-0.4, -0.2) is 12.6 Å². The maximum atomic E-state index is 9.05. The molecule has 0 saturated heterocycles. The Bertz CT molecular complexity index is 195. The van der Waals surface area contributed by atoms with Crippen molar-refractivity contribution >= 4 is 0 Å². The summed E-state index contributed by atoms with van der Waals surface area (Å²) in [5, 5.41) is 12.2. The van der Waals surface area contributed by atoms with Crippen molar-refractivity contribution in [1.82, 2.24) is 5.32 Å². The van der Waals surface area contributed by atoms with Gasteiger partial charge in [-0.1, -0.05) is 13.8 Å². The maximum absolute atomic E-state index is 9.05. The number of hydrogen-bond donors (Lipinski definition) is 1. The highest BCUT2D eigenvalue weighted by Crippen LogP contribution is 2.35. The second-order valence-electron chi connectivity index (χ2n) is 4.53. The quantitative estimate of drug-likeness (QED) is 0.708. The van der Waals surface area contributed by atoms with Crippen molar-refractivity contribution in [2.24, 2.45) is 11.8 Å². The smallest absolute Gasteiger partial charge is 0.106 e. The Morgan fingerprint density at radius 1 is 1.38 bits per heavy atom. The fourth-order valence-corrected chi connectivity index (χ4v) is 2.22. The normalized spacial score (nSPS) is 34.5. The van der Waals surface area contributed by atoms with Gasteiger partial charge in [0, 0.05) is 0 Å². The summed E-state index contributed by atoms with van der Waals surface area (Å²) >= 11 is 0. The van der Waals surface area contributed by atoms with Crippen molar-refractivity contribution < 1.29 is 0 Å². The predicted octanol–water partition coefficient (Wildman–Crippen LogP) is 2.31. The van der Waals surface area contributed by atoms with Gasteiger partial charge in [-0.15, -0.1) is 0 Å². The van der Waals surface area contributed by atoms with Crippen molar-refractivity contribution in [1.29, 1.82) is 5.26 Å². The van der Waals surface area contributed by atoms with Gasteiger partial charge in [0.05, 0.1) is 6.07 Å². The van der Waals surface area contributed by atoms with Crippen LogP contribution in [0.3, 0.4) is 0 Å². The standard InChI is InChI=1S/C11H20N2/c1-9(2)10-4-6-11(8-12,13-3)7-5-10/h9-10,13H,4-7H2,1-3H3. The predicted molar refractivity (Wildman–Crippen MR) is 54.2 cm³/mol. The molecule has 1 N–H and O–H groups in total. The lowest BCUT2D eigenvalue weighted by Gasteiger charge is -2.36. The molecule has 1 fully saturated rings. The molecule has 0 amide bonds. The second-order valence-corrected chi connectivity index (χ2v) is 4.53. The van der Waals surface area contributed by atoms with Crippen molar-refractivity contribution in [3.8, 4) is 6.07 Å². The average Bonchev–Trinajstić information content (AvgIpc) is 2.18. The maximum Gasteiger partial charge on any atom is 0.106 e. The lowest BCUT2D eigenvalue weighted by atomic mass is 9.73. The summed E-state index contributed by atoms with van der Waals surface area (Å²) in [6.07, 6.45) is 4.43. The van der Waals surface area contributed by atoms with Gasteiger partial charge in [0.25, 0.3) is 0 Å². The SMILES string of the molecule is CNC1(C#N)CCC(C(C)C)CC1. The third-order valence-electron chi connectivity index (χ3n) is 3.52. The Morgan fingerprint density at radius 2 is 1.92 bits per heavy atom. The average molecular weight is 180 g/mol. The lowest BCUT2D eigenvalue weighted by molar-refractivity contribution is 0.207. The van der Waals surface area contributed by atoms with E-state index in [1.165, 1.54) is 12.8 Å². The molecule has 0 bridgehead atoms. The second kappa shape index (κ2) is 4.11.